The number of aliphatic hydroxyl groups is 3. The molecule has 3 N–H and O–H groups in total. The molecule has 0 aromatic heterocycles. The number of aliphatic hydroxyl groups excluding tert-OH is 2. The smallest absolute Gasteiger partial charge is 0.303 e. The highest BCUT2D eigenvalue weighted by molar-refractivity contribution is 6.02. The van der Waals surface area contributed by atoms with Gasteiger partial charge >= 0.3 is 5.97 Å². The zero-order valence-electron chi connectivity index (χ0n) is 34.4. The Bertz CT molecular complexity index is 2050. The topological polar surface area (TPSA) is 194 Å². The van der Waals surface area contributed by atoms with E-state index in [0.717, 1.165) is 36.8 Å². The fourth-order valence-corrected chi connectivity index (χ4v) is 14.6. The first kappa shape index (κ1) is 40.9. The number of ketones is 5. The van der Waals surface area contributed by atoms with Crippen LogP contribution in [0.3, 0.4) is 0 Å². The number of allylic oxidation sites excluding steroid dienone is 8. The number of fused-ring (bicyclic) bond motifs is 12. The van der Waals surface area contributed by atoms with E-state index in [4.69, 9.17) is 14.5 Å². The molecule has 6 saturated carbocycles. The van der Waals surface area contributed by atoms with Crippen LogP contribution in [0.4, 0.5) is 0 Å². The number of Topliss-reactive ketones (excluding diaryl/α,β-unsaturated/α-hetero) is 3. The van der Waals surface area contributed by atoms with Gasteiger partial charge in [0.1, 0.15) is 24.1 Å². The third-order valence-corrected chi connectivity index (χ3v) is 17.2. The van der Waals surface area contributed by atoms with Crippen LogP contribution < -0.4 is 0 Å². The van der Waals surface area contributed by atoms with Crippen molar-refractivity contribution in [2.24, 2.45) is 62.2 Å². The van der Waals surface area contributed by atoms with E-state index in [-0.39, 0.29) is 77.1 Å². The number of esters is 1. The van der Waals surface area contributed by atoms with Crippen molar-refractivity contribution in [2.45, 2.75) is 123 Å². The largest absolute Gasteiger partial charge is 0.475 e. The van der Waals surface area contributed by atoms with Gasteiger partial charge in [-0.05, 0) is 99.3 Å². The second-order valence-electron chi connectivity index (χ2n) is 19.7. The summed E-state index contributed by atoms with van der Waals surface area (Å²) in [5.41, 5.74) is -2.90. The van der Waals surface area contributed by atoms with Crippen molar-refractivity contribution in [1.29, 1.82) is 0 Å². The Balaban J connectivity index is 0.000000165. The summed E-state index contributed by atoms with van der Waals surface area (Å²) in [6.07, 6.45) is 14.8. The summed E-state index contributed by atoms with van der Waals surface area (Å²) >= 11 is 0. The van der Waals surface area contributed by atoms with Crippen molar-refractivity contribution in [3.63, 3.8) is 0 Å². The van der Waals surface area contributed by atoms with Crippen molar-refractivity contribution >= 4 is 40.8 Å². The number of hydrogen-bond donors (Lipinski definition) is 3. The molecule has 1 heterocycles. The molecule has 0 spiro atoms. The quantitative estimate of drug-likeness (QED) is 0.335. The van der Waals surface area contributed by atoms with Gasteiger partial charge in [0.2, 0.25) is 5.78 Å². The lowest BCUT2D eigenvalue weighted by molar-refractivity contribution is -0.168. The first-order chi connectivity index (χ1) is 27.2. The Morgan fingerprint density at radius 2 is 1.50 bits per heavy atom. The zero-order valence-corrected chi connectivity index (χ0v) is 34.4. The van der Waals surface area contributed by atoms with Gasteiger partial charge in [0.15, 0.2) is 35.4 Å². The second-order valence-corrected chi connectivity index (χ2v) is 19.7. The number of aliphatic imine (C=N–C) groups is 1. The predicted octanol–water partition coefficient (Wildman–Crippen LogP) is 4.33. The maximum absolute atomic E-state index is 13.5. The minimum atomic E-state index is -1.62. The average molecular weight is 800 g/mol. The van der Waals surface area contributed by atoms with E-state index in [1.165, 1.54) is 6.92 Å². The molecule has 12 heteroatoms. The summed E-state index contributed by atoms with van der Waals surface area (Å²) in [7, 11) is 0. The number of carbonyl (C=O) groups is 6. The summed E-state index contributed by atoms with van der Waals surface area (Å²) < 4.78 is 11.2. The molecule has 0 unspecified atom stereocenters. The third-order valence-electron chi connectivity index (χ3n) is 17.2. The Hall–Kier alpha value is -3.87. The first-order valence-corrected chi connectivity index (χ1v) is 21.1. The molecule has 9 aliphatic rings. The van der Waals surface area contributed by atoms with Gasteiger partial charge in [-0.25, -0.2) is 4.99 Å². The summed E-state index contributed by atoms with van der Waals surface area (Å²) in [4.78, 5) is 79.1. The van der Waals surface area contributed by atoms with E-state index >= 15 is 0 Å². The number of nitrogens with zero attached hydrogens (tertiary/aromatic N) is 1. The van der Waals surface area contributed by atoms with Crippen molar-refractivity contribution < 1.29 is 53.6 Å². The molecule has 0 saturated heterocycles. The number of carbonyl (C=O) groups excluding carboxylic acids is 6. The van der Waals surface area contributed by atoms with Crippen LogP contribution in [0.25, 0.3) is 0 Å². The lowest BCUT2D eigenvalue weighted by Gasteiger charge is -2.59. The van der Waals surface area contributed by atoms with Crippen LogP contribution in [-0.2, 0) is 38.2 Å². The van der Waals surface area contributed by atoms with E-state index in [9.17, 15) is 44.1 Å². The predicted molar refractivity (Wildman–Crippen MR) is 210 cm³/mol. The molecule has 14 atom stereocenters. The average Bonchev–Trinajstić information content (AvgIpc) is 3.73. The Labute approximate surface area is 339 Å². The number of ether oxygens (including phenoxy) is 2. The van der Waals surface area contributed by atoms with Gasteiger partial charge < -0.3 is 24.8 Å². The minimum absolute atomic E-state index is 0.00898. The summed E-state index contributed by atoms with van der Waals surface area (Å²) in [6.45, 7) is 10.1. The summed E-state index contributed by atoms with van der Waals surface area (Å²) in [5.74, 6) is -0.604. The Morgan fingerprint density at radius 1 is 0.879 bits per heavy atom. The molecule has 9 rings (SSSR count). The fraction of sp³-hybridized carbons (Fsp3) is 0.674. The van der Waals surface area contributed by atoms with Crippen LogP contribution >= 0.6 is 0 Å². The monoisotopic (exact) mass is 799 g/mol. The lowest BCUT2D eigenvalue weighted by atomic mass is 9.46. The van der Waals surface area contributed by atoms with Gasteiger partial charge in [-0.1, -0.05) is 51.0 Å². The number of hydrogen-bond acceptors (Lipinski definition) is 12. The Morgan fingerprint density at radius 3 is 2.14 bits per heavy atom. The molecule has 6 fully saturated rings. The standard InChI is InChI=1S/C25H31NO6.C21H26O5/c1-13-26-25(20(30)12-31-14(2)27)21(32-13)10-18-17-6-5-15-9-16(28)7-8-23(15,3)22(17)19(29)11-24(18,25)4;1-19-7-5-13(23)9-12(19)3-4-14-15-6-8-21(26,17(25)11-22)20(15,2)10-16(24)18(14)19/h7-9,17-19,21-22,29H,5-6,10-12H2,1-4H3;5,7,9,14-15,18,22,26H,3-4,6,8,10-11H2,1-2H3/t17-,18-,19-,21+,22+,23-,24-,25+;14-,15-,18+,19-,20-,21-/m00/s1. The van der Waals surface area contributed by atoms with Gasteiger partial charge in [0, 0.05) is 53.8 Å². The molecule has 58 heavy (non-hydrogen) atoms. The lowest BCUT2D eigenvalue weighted by Crippen LogP contribution is -2.62. The van der Waals surface area contributed by atoms with Gasteiger partial charge in [0.25, 0.3) is 0 Å². The highest BCUT2D eigenvalue weighted by Crippen LogP contribution is 2.70. The van der Waals surface area contributed by atoms with Gasteiger partial charge in [-0.3, -0.25) is 28.8 Å². The molecule has 0 amide bonds. The summed E-state index contributed by atoms with van der Waals surface area (Å²) in [6, 6.07) is 0. The maximum atomic E-state index is 13.5. The molecular formula is C46H57NO11. The maximum Gasteiger partial charge on any atom is 0.303 e. The van der Waals surface area contributed by atoms with Crippen LogP contribution in [0.2, 0.25) is 0 Å². The van der Waals surface area contributed by atoms with Crippen molar-refractivity contribution in [3.8, 4) is 0 Å². The molecule has 8 aliphatic carbocycles. The third kappa shape index (κ3) is 5.45. The fourth-order valence-electron chi connectivity index (χ4n) is 14.6. The molecule has 12 nitrogen and oxygen atoms in total. The van der Waals surface area contributed by atoms with Crippen LogP contribution in [-0.4, -0.2) is 92.7 Å². The highest BCUT2D eigenvalue weighted by atomic mass is 16.5. The van der Waals surface area contributed by atoms with Crippen molar-refractivity contribution in [1.82, 2.24) is 0 Å². The van der Waals surface area contributed by atoms with E-state index in [1.807, 2.05) is 26.0 Å². The van der Waals surface area contributed by atoms with Crippen LogP contribution in [0.5, 0.6) is 0 Å². The van der Waals surface area contributed by atoms with Crippen LogP contribution in [0, 0.1) is 57.2 Å². The highest BCUT2D eigenvalue weighted by Gasteiger charge is 2.75. The molecule has 312 valence electrons. The zero-order chi connectivity index (χ0) is 42.0. The molecule has 0 aromatic carbocycles. The van der Waals surface area contributed by atoms with Crippen LogP contribution in [0.1, 0.15) is 99.3 Å². The van der Waals surface area contributed by atoms with E-state index in [2.05, 4.69) is 13.8 Å². The SMILES string of the molecule is CC(=O)OCC(=O)[C@@]12N=C(C)O[C@@H]1C[C@H]1[C@@H]3CCC4=CC(=O)C=C[C@]4(C)[C@H]3[C@@H](O)C[C@@]12C.C[C@]12C=CC(=O)C=C1CC[C@@H]1[C@@H]2C(=O)C[C@@]2(C)[C@H]1CC[C@]2(O)C(=O)CO. The second kappa shape index (κ2) is 13.6. The van der Waals surface area contributed by atoms with E-state index in [0.29, 0.717) is 31.6 Å². The molecule has 0 bridgehead atoms. The van der Waals surface area contributed by atoms with Gasteiger partial charge in [0.05, 0.1) is 6.10 Å². The normalized spacial score (nSPS) is 46.6. The summed E-state index contributed by atoms with van der Waals surface area (Å²) in [5, 5.41) is 32.0. The van der Waals surface area contributed by atoms with Crippen molar-refractivity contribution in [3.05, 3.63) is 47.6 Å². The Kier molecular flexibility index (Phi) is 9.57. The molecule has 0 aromatic rings. The number of rotatable bonds is 5. The van der Waals surface area contributed by atoms with Gasteiger partial charge in [-0.15, -0.1) is 0 Å². The molecule has 0 radical (unpaired) electrons. The van der Waals surface area contributed by atoms with E-state index in [1.54, 1.807) is 31.2 Å². The van der Waals surface area contributed by atoms with Crippen molar-refractivity contribution in [2.75, 3.05) is 13.2 Å². The minimum Gasteiger partial charge on any atom is -0.475 e. The van der Waals surface area contributed by atoms with E-state index < -0.39 is 58.0 Å². The first-order valence-electron chi connectivity index (χ1n) is 21.1. The van der Waals surface area contributed by atoms with Gasteiger partial charge in [-0.2, -0.15) is 0 Å². The van der Waals surface area contributed by atoms with Crippen LogP contribution in [0.15, 0.2) is 52.6 Å². The molecule has 1 aliphatic heterocycles. The molecular weight excluding hydrogens is 743 g/mol.